The van der Waals surface area contributed by atoms with Gasteiger partial charge in [0.05, 0.1) is 13.0 Å². The Morgan fingerprint density at radius 3 is 2.87 bits per heavy atom. The largest absolute Gasteiger partial charge is 0.493 e. The molecule has 2 aliphatic rings. The third-order valence-corrected chi connectivity index (χ3v) is 4.59. The minimum atomic E-state index is -0.499. The summed E-state index contributed by atoms with van der Waals surface area (Å²) in [7, 11) is 0. The lowest BCUT2D eigenvalue weighted by atomic mass is 10.1. The minimum absolute atomic E-state index is 0.0902. The van der Waals surface area contributed by atoms with Crippen molar-refractivity contribution >= 4 is 11.8 Å². The molecule has 5 nitrogen and oxygen atoms in total. The summed E-state index contributed by atoms with van der Waals surface area (Å²) in [5, 5.41) is 5.80. The lowest BCUT2D eigenvalue weighted by Gasteiger charge is -2.17. The van der Waals surface area contributed by atoms with E-state index in [0.29, 0.717) is 6.61 Å². The first-order chi connectivity index (χ1) is 11.1. The lowest BCUT2D eigenvalue weighted by molar-refractivity contribution is -0.128. The number of fused-ring (bicyclic) bond motifs is 1. The van der Waals surface area contributed by atoms with Crippen molar-refractivity contribution in [1.82, 2.24) is 10.6 Å². The van der Waals surface area contributed by atoms with Crippen molar-refractivity contribution in [3.8, 4) is 5.75 Å². The first kappa shape index (κ1) is 15.8. The van der Waals surface area contributed by atoms with Crippen molar-refractivity contribution in [2.75, 3.05) is 6.61 Å². The Balaban J connectivity index is 1.49. The van der Waals surface area contributed by atoms with Crippen molar-refractivity contribution < 1.29 is 14.3 Å². The number of amides is 2. The topological polar surface area (TPSA) is 67.4 Å². The van der Waals surface area contributed by atoms with Gasteiger partial charge < -0.3 is 15.4 Å². The van der Waals surface area contributed by atoms with Gasteiger partial charge in [0, 0.05) is 12.5 Å². The van der Waals surface area contributed by atoms with Gasteiger partial charge in [-0.15, -0.1) is 0 Å². The average molecular weight is 316 g/mol. The SMILES string of the molecule is C[C@H](NC(=O)Cc1ccc2c(c1)CCO2)C(=O)NC1CCCC1. The molecule has 0 bridgehead atoms. The molecule has 0 unspecified atom stereocenters. The van der Waals surface area contributed by atoms with Crippen LogP contribution in [-0.2, 0) is 22.4 Å². The number of ether oxygens (including phenoxy) is 1. The van der Waals surface area contributed by atoms with Crippen LogP contribution in [0.5, 0.6) is 5.75 Å². The molecule has 1 aliphatic carbocycles. The van der Waals surface area contributed by atoms with Gasteiger partial charge in [0.15, 0.2) is 0 Å². The zero-order chi connectivity index (χ0) is 16.2. The van der Waals surface area contributed by atoms with E-state index in [2.05, 4.69) is 10.6 Å². The first-order valence-electron chi connectivity index (χ1n) is 8.46. The van der Waals surface area contributed by atoms with E-state index in [1.807, 2.05) is 18.2 Å². The van der Waals surface area contributed by atoms with Gasteiger partial charge in [0.2, 0.25) is 11.8 Å². The van der Waals surface area contributed by atoms with Crippen LogP contribution in [0.15, 0.2) is 18.2 Å². The van der Waals surface area contributed by atoms with Crippen LogP contribution in [-0.4, -0.2) is 30.5 Å². The summed E-state index contributed by atoms with van der Waals surface area (Å²) in [5.74, 6) is 0.698. The zero-order valence-corrected chi connectivity index (χ0v) is 13.6. The second-order valence-corrected chi connectivity index (χ2v) is 6.50. The van der Waals surface area contributed by atoms with Crippen LogP contribution < -0.4 is 15.4 Å². The Bertz CT molecular complexity index is 594. The molecule has 1 aromatic rings. The summed E-state index contributed by atoms with van der Waals surface area (Å²) in [6.45, 7) is 2.45. The normalized spacial score (nSPS) is 18.1. The maximum atomic E-state index is 12.1. The number of hydrogen-bond donors (Lipinski definition) is 2. The average Bonchev–Trinajstić information content (AvgIpc) is 3.17. The molecular formula is C18H24N2O3. The number of rotatable bonds is 5. The van der Waals surface area contributed by atoms with Crippen LogP contribution in [0.1, 0.15) is 43.7 Å². The van der Waals surface area contributed by atoms with Gasteiger partial charge >= 0.3 is 0 Å². The van der Waals surface area contributed by atoms with Gasteiger partial charge in [-0.3, -0.25) is 9.59 Å². The predicted molar refractivity (Wildman–Crippen MR) is 87.3 cm³/mol. The van der Waals surface area contributed by atoms with Crippen LogP contribution in [0, 0.1) is 0 Å². The lowest BCUT2D eigenvalue weighted by Crippen LogP contribution is -2.47. The molecule has 2 amide bonds. The van der Waals surface area contributed by atoms with E-state index in [-0.39, 0.29) is 24.3 Å². The summed E-state index contributed by atoms with van der Waals surface area (Å²) >= 11 is 0. The summed E-state index contributed by atoms with van der Waals surface area (Å²) in [6, 6.07) is 5.62. The standard InChI is InChI=1S/C18H24N2O3/c1-12(18(22)20-15-4-2-3-5-15)19-17(21)11-13-6-7-16-14(10-13)8-9-23-16/h6-7,10,12,15H,2-5,8-9,11H2,1H3,(H,19,21)(H,20,22)/t12-/m0/s1. The molecule has 23 heavy (non-hydrogen) atoms. The maximum absolute atomic E-state index is 12.1. The highest BCUT2D eigenvalue weighted by molar-refractivity contribution is 5.88. The number of carbonyl (C=O) groups is 2. The molecule has 5 heteroatoms. The molecule has 3 rings (SSSR count). The van der Waals surface area contributed by atoms with Gasteiger partial charge in [0.25, 0.3) is 0 Å². The fourth-order valence-corrected chi connectivity index (χ4v) is 3.29. The van der Waals surface area contributed by atoms with E-state index in [1.54, 1.807) is 6.92 Å². The van der Waals surface area contributed by atoms with Crippen molar-refractivity contribution in [1.29, 1.82) is 0 Å². The number of hydrogen-bond acceptors (Lipinski definition) is 3. The third kappa shape index (κ3) is 4.03. The van der Waals surface area contributed by atoms with Gasteiger partial charge in [-0.25, -0.2) is 0 Å². The second kappa shape index (κ2) is 7.02. The summed E-state index contributed by atoms with van der Waals surface area (Å²) < 4.78 is 5.46. The fraction of sp³-hybridized carbons (Fsp3) is 0.556. The quantitative estimate of drug-likeness (QED) is 0.869. The Hall–Kier alpha value is -2.04. The fourth-order valence-electron chi connectivity index (χ4n) is 3.29. The second-order valence-electron chi connectivity index (χ2n) is 6.50. The molecule has 1 atom stereocenters. The van der Waals surface area contributed by atoms with Crippen LogP contribution in [0.3, 0.4) is 0 Å². The summed E-state index contributed by atoms with van der Waals surface area (Å²) in [4.78, 5) is 24.2. The molecule has 124 valence electrons. The molecule has 1 fully saturated rings. The van der Waals surface area contributed by atoms with E-state index in [9.17, 15) is 9.59 Å². The maximum Gasteiger partial charge on any atom is 0.242 e. The van der Waals surface area contributed by atoms with Crippen LogP contribution >= 0.6 is 0 Å². The predicted octanol–water partition coefficient (Wildman–Crippen LogP) is 1.73. The molecule has 1 saturated carbocycles. The van der Waals surface area contributed by atoms with E-state index in [1.165, 1.54) is 12.8 Å². The Morgan fingerprint density at radius 2 is 2.09 bits per heavy atom. The highest BCUT2D eigenvalue weighted by Gasteiger charge is 2.22. The number of carbonyl (C=O) groups excluding carboxylic acids is 2. The number of nitrogens with one attached hydrogen (secondary N) is 2. The first-order valence-corrected chi connectivity index (χ1v) is 8.46. The van der Waals surface area contributed by atoms with Crippen LogP contribution in [0.25, 0.3) is 0 Å². The van der Waals surface area contributed by atoms with Crippen molar-refractivity contribution in [3.63, 3.8) is 0 Å². The van der Waals surface area contributed by atoms with E-state index in [0.717, 1.165) is 36.1 Å². The molecule has 1 heterocycles. The highest BCUT2D eigenvalue weighted by atomic mass is 16.5. The number of benzene rings is 1. The molecule has 0 saturated heterocycles. The van der Waals surface area contributed by atoms with Gasteiger partial charge in [0.1, 0.15) is 11.8 Å². The van der Waals surface area contributed by atoms with Gasteiger partial charge in [-0.1, -0.05) is 25.0 Å². The van der Waals surface area contributed by atoms with Crippen molar-refractivity contribution in [3.05, 3.63) is 29.3 Å². The van der Waals surface area contributed by atoms with Crippen molar-refractivity contribution in [2.45, 2.75) is 57.5 Å². The summed E-state index contributed by atoms with van der Waals surface area (Å²) in [5.41, 5.74) is 2.11. The Labute approximate surface area is 136 Å². The molecule has 1 aromatic carbocycles. The van der Waals surface area contributed by atoms with Gasteiger partial charge in [-0.2, -0.15) is 0 Å². The van der Waals surface area contributed by atoms with Crippen molar-refractivity contribution in [2.24, 2.45) is 0 Å². The minimum Gasteiger partial charge on any atom is -0.493 e. The Morgan fingerprint density at radius 1 is 1.30 bits per heavy atom. The van der Waals surface area contributed by atoms with E-state index in [4.69, 9.17) is 4.74 Å². The molecule has 0 aromatic heterocycles. The molecule has 0 spiro atoms. The molecule has 2 N–H and O–H groups in total. The monoisotopic (exact) mass is 316 g/mol. The summed E-state index contributed by atoms with van der Waals surface area (Å²) in [6.07, 6.45) is 5.62. The molecule has 1 aliphatic heterocycles. The van der Waals surface area contributed by atoms with Crippen LogP contribution in [0.4, 0.5) is 0 Å². The van der Waals surface area contributed by atoms with E-state index >= 15 is 0 Å². The highest BCUT2D eigenvalue weighted by Crippen LogP contribution is 2.26. The van der Waals surface area contributed by atoms with Crippen LogP contribution in [0.2, 0.25) is 0 Å². The van der Waals surface area contributed by atoms with E-state index < -0.39 is 6.04 Å². The molecule has 0 radical (unpaired) electrons. The zero-order valence-electron chi connectivity index (χ0n) is 13.6. The van der Waals surface area contributed by atoms with Gasteiger partial charge in [-0.05, 0) is 37.0 Å². The smallest absolute Gasteiger partial charge is 0.242 e. The third-order valence-electron chi connectivity index (χ3n) is 4.59. The Kier molecular flexibility index (Phi) is 4.84. The molecular weight excluding hydrogens is 292 g/mol.